The van der Waals surface area contributed by atoms with Crippen LogP contribution in [0.3, 0.4) is 0 Å². The zero-order valence-electron chi connectivity index (χ0n) is 7.39. The smallest absolute Gasteiger partial charge is 0.0659 e. The number of aliphatic hydroxyl groups excluding tert-OH is 1. The van der Waals surface area contributed by atoms with Gasteiger partial charge < -0.3 is 10.8 Å². The summed E-state index contributed by atoms with van der Waals surface area (Å²) in [6.07, 6.45) is -2.75. The van der Waals surface area contributed by atoms with Gasteiger partial charge in [0.1, 0.15) is 0 Å². The summed E-state index contributed by atoms with van der Waals surface area (Å²) in [6, 6.07) is 0. The molecule has 0 aromatic rings. The molecule has 0 radical (unpaired) electrons. The van der Waals surface area contributed by atoms with E-state index in [1.54, 1.807) is 0 Å². The highest BCUT2D eigenvalue weighted by molar-refractivity contribution is 4.48. The van der Waals surface area contributed by atoms with Gasteiger partial charge in [0.15, 0.2) is 0 Å². The summed E-state index contributed by atoms with van der Waals surface area (Å²) in [5, 5.41) is 8.79. The molecule has 6 heavy (non-hydrogen) atoms. The summed E-state index contributed by atoms with van der Waals surface area (Å²) in [6.45, 7) is -2.62. The molecule has 3 N–H and O–H groups in total. The number of hydrogen-bond acceptors (Lipinski definition) is 2. The molecule has 0 fully saturated rings. The van der Waals surface area contributed by atoms with Crippen molar-refractivity contribution in [1.82, 2.24) is 0 Å². The molecule has 0 saturated carbocycles. The maximum Gasteiger partial charge on any atom is 0.0659 e. The van der Waals surface area contributed by atoms with Crippen LogP contribution >= 0.6 is 0 Å². The van der Waals surface area contributed by atoms with E-state index in [4.69, 9.17) is 16.3 Å². The zero-order chi connectivity index (χ0) is 8.36. The van der Waals surface area contributed by atoms with Gasteiger partial charge in [0.05, 0.1) is 6.10 Å². The number of hydrogen-bond donors (Lipinski definition) is 2. The van der Waals surface area contributed by atoms with E-state index < -0.39 is 19.4 Å². The summed E-state index contributed by atoms with van der Waals surface area (Å²) in [4.78, 5) is 0. The van der Waals surface area contributed by atoms with Gasteiger partial charge in [-0.2, -0.15) is 0 Å². The zero-order valence-corrected chi connectivity index (χ0v) is 3.39. The molecule has 0 rings (SSSR count). The molecule has 2 nitrogen and oxygen atoms in total. The summed E-state index contributed by atoms with van der Waals surface area (Å²) >= 11 is 0. The SMILES string of the molecule is [2H]C(C(O)CN)C([2H])([2H])[2H]. The highest BCUT2D eigenvalue weighted by Gasteiger charge is 1.90. The van der Waals surface area contributed by atoms with E-state index in [-0.39, 0.29) is 6.54 Å². The van der Waals surface area contributed by atoms with E-state index in [0.717, 1.165) is 0 Å². The number of aliphatic hydroxyl groups is 1. The van der Waals surface area contributed by atoms with Gasteiger partial charge in [-0.05, 0) is 6.40 Å². The molecule has 2 heteroatoms. The average Bonchev–Trinajstić information content (AvgIpc) is 1.83. The van der Waals surface area contributed by atoms with Crippen molar-refractivity contribution in [1.29, 1.82) is 0 Å². The molecule has 0 aliphatic heterocycles. The predicted octanol–water partition coefficient (Wildman–Crippen LogP) is -0.284. The maximum atomic E-state index is 8.79. The monoisotopic (exact) mass is 93.1 g/mol. The highest BCUT2D eigenvalue weighted by atomic mass is 16.3. The minimum atomic E-state index is -2.43. The van der Waals surface area contributed by atoms with E-state index in [1.165, 1.54) is 0 Å². The molecule has 2 atom stereocenters. The second kappa shape index (κ2) is 3.12. The maximum absolute atomic E-state index is 8.79. The Morgan fingerprint density at radius 3 is 3.17 bits per heavy atom. The summed E-state index contributed by atoms with van der Waals surface area (Å²) in [7, 11) is 0. The number of rotatable bonds is 2. The van der Waals surface area contributed by atoms with Gasteiger partial charge in [0, 0.05) is 12.0 Å². The molecule has 0 bridgehead atoms. The molecule has 0 saturated heterocycles. The molecule has 0 amide bonds. The van der Waals surface area contributed by atoms with Crippen LogP contribution < -0.4 is 5.73 Å². The highest BCUT2D eigenvalue weighted by Crippen LogP contribution is 1.81. The van der Waals surface area contributed by atoms with Crippen molar-refractivity contribution >= 4 is 0 Å². The van der Waals surface area contributed by atoms with Crippen molar-refractivity contribution in [2.75, 3.05) is 6.54 Å². The minimum absolute atomic E-state index is 0.188. The van der Waals surface area contributed by atoms with Crippen LogP contribution in [0.1, 0.15) is 18.7 Å². The lowest BCUT2D eigenvalue weighted by molar-refractivity contribution is 0.179. The summed E-state index contributed by atoms with van der Waals surface area (Å²) in [5.74, 6) is 0. The molecule has 2 unspecified atom stereocenters. The van der Waals surface area contributed by atoms with Crippen molar-refractivity contribution in [3.8, 4) is 0 Å². The van der Waals surface area contributed by atoms with Gasteiger partial charge in [0.25, 0.3) is 0 Å². The fraction of sp³-hybridized carbons (Fsp3) is 1.00. The van der Waals surface area contributed by atoms with Crippen LogP contribution in [-0.4, -0.2) is 17.8 Å². The quantitative estimate of drug-likeness (QED) is 0.493. The van der Waals surface area contributed by atoms with Gasteiger partial charge in [-0.1, -0.05) is 6.85 Å². The molecule has 0 heterocycles. The first-order valence-corrected chi connectivity index (χ1v) is 1.70. The normalized spacial score (nSPS) is 31.7. The second-order valence-corrected chi connectivity index (χ2v) is 0.970. The molecule has 0 aliphatic rings. The van der Waals surface area contributed by atoms with Crippen LogP contribution in [-0.2, 0) is 0 Å². The average molecular weight is 93.2 g/mol. The van der Waals surface area contributed by atoms with Crippen LogP contribution in [0, 0.1) is 0 Å². The Kier molecular flexibility index (Phi) is 0.938. The molecule has 38 valence electrons. The topological polar surface area (TPSA) is 46.2 Å². The summed E-state index contributed by atoms with van der Waals surface area (Å²) in [5.41, 5.74) is 4.95. The van der Waals surface area contributed by atoms with Crippen LogP contribution in [0.25, 0.3) is 0 Å². The lowest BCUT2D eigenvalue weighted by Gasteiger charge is -1.98. The first-order valence-electron chi connectivity index (χ1n) is 3.77. The molecular formula is C4H11NO. The van der Waals surface area contributed by atoms with Crippen LogP contribution in [0.5, 0.6) is 0 Å². The van der Waals surface area contributed by atoms with Gasteiger partial charge in [-0.25, -0.2) is 0 Å². The van der Waals surface area contributed by atoms with Gasteiger partial charge in [-0.15, -0.1) is 0 Å². The molecule has 0 spiro atoms. The molecule has 0 aromatic heterocycles. The predicted molar refractivity (Wildman–Crippen MR) is 25.4 cm³/mol. The largest absolute Gasteiger partial charge is 0.392 e. The third-order valence-electron chi connectivity index (χ3n) is 0.434. The molecule has 0 aliphatic carbocycles. The first kappa shape index (κ1) is 1.80. The fourth-order valence-corrected chi connectivity index (χ4v) is 0.0680. The third-order valence-corrected chi connectivity index (χ3v) is 0.434. The molecular weight excluding hydrogens is 78.0 g/mol. The standard InChI is InChI=1S/C4H11NO/c1-2-4(6)3-5/h4,6H,2-3,5H2,1H3/i1D3,2D. The van der Waals surface area contributed by atoms with E-state index in [0.29, 0.717) is 0 Å². The van der Waals surface area contributed by atoms with Crippen molar-refractivity contribution in [3.05, 3.63) is 0 Å². The van der Waals surface area contributed by atoms with Crippen LogP contribution in [0.15, 0.2) is 0 Å². The van der Waals surface area contributed by atoms with E-state index >= 15 is 0 Å². The second-order valence-electron chi connectivity index (χ2n) is 0.970. The summed E-state index contributed by atoms with van der Waals surface area (Å²) < 4.78 is 27.0. The van der Waals surface area contributed by atoms with Gasteiger partial charge in [0.2, 0.25) is 0 Å². The van der Waals surface area contributed by atoms with Crippen LogP contribution in [0.2, 0.25) is 0 Å². The van der Waals surface area contributed by atoms with Crippen LogP contribution in [0.4, 0.5) is 0 Å². The fourth-order valence-electron chi connectivity index (χ4n) is 0.0680. The van der Waals surface area contributed by atoms with Crippen molar-refractivity contribution < 1.29 is 10.6 Å². The van der Waals surface area contributed by atoms with Crippen molar-refractivity contribution in [2.45, 2.75) is 19.4 Å². The van der Waals surface area contributed by atoms with E-state index in [2.05, 4.69) is 0 Å². The Bertz CT molecular complexity index is 104. The lowest BCUT2D eigenvalue weighted by Crippen LogP contribution is -2.17. The Balaban J connectivity index is 3.94. The Morgan fingerprint density at radius 2 is 3.00 bits per heavy atom. The molecule has 0 aromatic carbocycles. The Labute approximate surface area is 43.6 Å². The van der Waals surface area contributed by atoms with E-state index in [9.17, 15) is 0 Å². The minimum Gasteiger partial charge on any atom is -0.392 e. The van der Waals surface area contributed by atoms with E-state index in [1.807, 2.05) is 0 Å². The lowest BCUT2D eigenvalue weighted by atomic mass is 10.3. The van der Waals surface area contributed by atoms with Gasteiger partial charge >= 0.3 is 0 Å². The first-order chi connectivity index (χ1) is 4.39. The number of nitrogens with two attached hydrogens (primary N) is 1. The Hall–Kier alpha value is -0.0800. The third kappa shape index (κ3) is 2.18. The van der Waals surface area contributed by atoms with Crippen molar-refractivity contribution in [2.24, 2.45) is 5.73 Å². The van der Waals surface area contributed by atoms with Gasteiger partial charge in [-0.3, -0.25) is 0 Å². The van der Waals surface area contributed by atoms with Crippen molar-refractivity contribution in [3.63, 3.8) is 0 Å². The Morgan fingerprint density at radius 1 is 2.33 bits per heavy atom.